The topological polar surface area (TPSA) is 84.5 Å². The zero-order valence-electron chi connectivity index (χ0n) is 15.7. The van der Waals surface area contributed by atoms with Crippen molar-refractivity contribution in [3.8, 4) is 11.5 Å². The van der Waals surface area contributed by atoms with Crippen LogP contribution in [0, 0.1) is 0 Å². The standard InChI is InChI=1S/C20H26N4O3/c1-26-16-9-10-18(27-2)17(12-16)24-19-11-8-15(13-21-19)23-20(25)22-14-6-4-3-5-7-14/h8-14H,3-7H2,1-2H3,(H,21,24)(H2,22,23,25). The number of nitrogens with one attached hydrogen (secondary N) is 3. The Morgan fingerprint density at radius 2 is 1.89 bits per heavy atom. The molecule has 0 saturated heterocycles. The Hall–Kier alpha value is -2.96. The maximum Gasteiger partial charge on any atom is 0.319 e. The van der Waals surface area contributed by atoms with E-state index in [1.54, 1.807) is 26.5 Å². The molecule has 0 spiro atoms. The van der Waals surface area contributed by atoms with E-state index in [0.29, 0.717) is 17.3 Å². The summed E-state index contributed by atoms with van der Waals surface area (Å²) in [6.07, 6.45) is 7.35. The molecule has 1 heterocycles. The number of benzene rings is 1. The molecule has 0 aliphatic heterocycles. The highest BCUT2D eigenvalue weighted by atomic mass is 16.5. The normalized spacial score (nSPS) is 14.3. The Morgan fingerprint density at radius 1 is 1.07 bits per heavy atom. The van der Waals surface area contributed by atoms with Gasteiger partial charge in [0, 0.05) is 12.1 Å². The molecule has 1 aliphatic rings. The number of ether oxygens (including phenoxy) is 2. The second kappa shape index (κ2) is 9.12. The van der Waals surface area contributed by atoms with Gasteiger partial charge in [-0.1, -0.05) is 19.3 Å². The van der Waals surface area contributed by atoms with Gasteiger partial charge in [-0.15, -0.1) is 0 Å². The first-order chi connectivity index (χ1) is 13.2. The zero-order valence-corrected chi connectivity index (χ0v) is 15.7. The van der Waals surface area contributed by atoms with Gasteiger partial charge in [0.25, 0.3) is 0 Å². The third kappa shape index (κ3) is 5.26. The number of carbonyl (C=O) groups excluding carboxylic acids is 1. The second-order valence-electron chi connectivity index (χ2n) is 6.56. The quantitative estimate of drug-likeness (QED) is 0.706. The molecule has 3 N–H and O–H groups in total. The number of anilines is 3. The van der Waals surface area contributed by atoms with Crippen molar-refractivity contribution in [1.29, 1.82) is 0 Å². The van der Waals surface area contributed by atoms with Crippen LogP contribution in [0.1, 0.15) is 32.1 Å². The minimum absolute atomic E-state index is 0.182. The highest BCUT2D eigenvalue weighted by Crippen LogP contribution is 2.31. The van der Waals surface area contributed by atoms with Crippen LogP contribution >= 0.6 is 0 Å². The predicted molar refractivity (Wildman–Crippen MR) is 106 cm³/mol. The number of hydrogen-bond donors (Lipinski definition) is 3. The van der Waals surface area contributed by atoms with Crippen LogP contribution in [0.25, 0.3) is 0 Å². The van der Waals surface area contributed by atoms with Crippen molar-refractivity contribution in [2.24, 2.45) is 0 Å². The lowest BCUT2D eigenvalue weighted by Crippen LogP contribution is -2.39. The Balaban J connectivity index is 1.59. The number of amides is 2. The van der Waals surface area contributed by atoms with Gasteiger partial charge in [0.2, 0.25) is 0 Å². The fraction of sp³-hybridized carbons (Fsp3) is 0.400. The summed E-state index contributed by atoms with van der Waals surface area (Å²) in [5, 5.41) is 9.06. The molecule has 7 nitrogen and oxygen atoms in total. The molecule has 0 unspecified atom stereocenters. The molecule has 1 aromatic heterocycles. The van der Waals surface area contributed by atoms with Gasteiger partial charge in [0.1, 0.15) is 17.3 Å². The van der Waals surface area contributed by atoms with E-state index in [4.69, 9.17) is 9.47 Å². The molecule has 1 aromatic carbocycles. The number of aromatic nitrogens is 1. The number of urea groups is 1. The van der Waals surface area contributed by atoms with Crippen LogP contribution in [-0.2, 0) is 0 Å². The van der Waals surface area contributed by atoms with Crippen LogP contribution in [0.15, 0.2) is 36.5 Å². The van der Waals surface area contributed by atoms with Crippen molar-refractivity contribution < 1.29 is 14.3 Å². The fourth-order valence-corrected chi connectivity index (χ4v) is 3.19. The summed E-state index contributed by atoms with van der Waals surface area (Å²) >= 11 is 0. The lowest BCUT2D eigenvalue weighted by Gasteiger charge is -2.22. The van der Waals surface area contributed by atoms with E-state index >= 15 is 0 Å². The lowest BCUT2D eigenvalue weighted by atomic mass is 9.96. The van der Waals surface area contributed by atoms with Crippen molar-refractivity contribution in [2.75, 3.05) is 24.9 Å². The zero-order chi connectivity index (χ0) is 19.1. The Kier molecular flexibility index (Phi) is 6.35. The van der Waals surface area contributed by atoms with E-state index in [2.05, 4.69) is 20.9 Å². The monoisotopic (exact) mass is 370 g/mol. The Labute approximate surface area is 159 Å². The molecule has 1 fully saturated rings. The van der Waals surface area contributed by atoms with Gasteiger partial charge in [-0.2, -0.15) is 0 Å². The SMILES string of the molecule is COc1ccc(OC)c(Nc2ccc(NC(=O)NC3CCCCC3)cn2)c1. The van der Waals surface area contributed by atoms with Gasteiger partial charge >= 0.3 is 6.03 Å². The van der Waals surface area contributed by atoms with E-state index in [0.717, 1.165) is 24.3 Å². The van der Waals surface area contributed by atoms with Gasteiger partial charge in [-0.3, -0.25) is 0 Å². The molecule has 0 bridgehead atoms. The average Bonchev–Trinajstić information content (AvgIpc) is 2.70. The van der Waals surface area contributed by atoms with Gasteiger partial charge in [0.05, 0.1) is 31.8 Å². The first-order valence-electron chi connectivity index (χ1n) is 9.20. The highest BCUT2D eigenvalue weighted by molar-refractivity contribution is 5.89. The van der Waals surface area contributed by atoms with Gasteiger partial charge in [-0.05, 0) is 37.1 Å². The van der Waals surface area contributed by atoms with Crippen molar-refractivity contribution in [3.63, 3.8) is 0 Å². The van der Waals surface area contributed by atoms with E-state index in [1.807, 2.05) is 24.3 Å². The molecule has 3 rings (SSSR count). The summed E-state index contributed by atoms with van der Waals surface area (Å²) in [7, 11) is 3.22. The molecule has 7 heteroatoms. The van der Waals surface area contributed by atoms with E-state index in [1.165, 1.54) is 19.3 Å². The number of nitrogens with zero attached hydrogens (tertiary/aromatic N) is 1. The summed E-state index contributed by atoms with van der Waals surface area (Å²) in [6.45, 7) is 0. The van der Waals surface area contributed by atoms with Crippen LogP contribution in [0.5, 0.6) is 11.5 Å². The molecule has 2 aromatic rings. The van der Waals surface area contributed by atoms with Crippen LogP contribution in [0.3, 0.4) is 0 Å². The lowest BCUT2D eigenvalue weighted by molar-refractivity contribution is 0.244. The Morgan fingerprint density at radius 3 is 2.56 bits per heavy atom. The Bertz CT molecular complexity index is 758. The fourth-order valence-electron chi connectivity index (χ4n) is 3.19. The third-order valence-electron chi connectivity index (χ3n) is 4.63. The summed E-state index contributed by atoms with van der Waals surface area (Å²) in [5.74, 6) is 2.04. The van der Waals surface area contributed by atoms with E-state index < -0.39 is 0 Å². The summed E-state index contributed by atoms with van der Waals surface area (Å²) < 4.78 is 10.6. The number of methoxy groups -OCH3 is 2. The molecule has 1 saturated carbocycles. The molecular formula is C20H26N4O3. The van der Waals surface area contributed by atoms with Gasteiger partial charge < -0.3 is 25.4 Å². The summed E-state index contributed by atoms with van der Waals surface area (Å²) in [6, 6.07) is 9.19. The van der Waals surface area contributed by atoms with Crippen LogP contribution in [0.4, 0.5) is 22.0 Å². The van der Waals surface area contributed by atoms with E-state index in [9.17, 15) is 4.79 Å². The maximum atomic E-state index is 12.1. The summed E-state index contributed by atoms with van der Waals surface area (Å²) in [4.78, 5) is 16.5. The third-order valence-corrected chi connectivity index (χ3v) is 4.63. The van der Waals surface area contributed by atoms with Crippen molar-refractivity contribution in [3.05, 3.63) is 36.5 Å². The minimum atomic E-state index is -0.182. The van der Waals surface area contributed by atoms with Crippen molar-refractivity contribution in [2.45, 2.75) is 38.1 Å². The van der Waals surface area contributed by atoms with Gasteiger partial charge in [-0.25, -0.2) is 9.78 Å². The predicted octanol–water partition coefficient (Wildman–Crippen LogP) is 4.30. The average molecular weight is 370 g/mol. The van der Waals surface area contributed by atoms with Crippen molar-refractivity contribution in [1.82, 2.24) is 10.3 Å². The summed E-state index contributed by atoms with van der Waals surface area (Å²) in [5.41, 5.74) is 1.39. The molecule has 2 amide bonds. The van der Waals surface area contributed by atoms with E-state index in [-0.39, 0.29) is 12.1 Å². The highest BCUT2D eigenvalue weighted by Gasteiger charge is 2.15. The van der Waals surface area contributed by atoms with Crippen LogP contribution < -0.4 is 25.4 Å². The number of carbonyl (C=O) groups is 1. The largest absolute Gasteiger partial charge is 0.497 e. The molecular weight excluding hydrogens is 344 g/mol. The van der Waals surface area contributed by atoms with Crippen LogP contribution in [0.2, 0.25) is 0 Å². The molecule has 144 valence electrons. The molecule has 0 atom stereocenters. The maximum absolute atomic E-state index is 12.1. The van der Waals surface area contributed by atoms with Crippen molar-refractivity contribution >= 4 is 23.2 Å². The molecule has 0 radical (unpaired) electrons. The number of pyridine rings is 1. The number of hydrogen-bond acceptors (Lipinski definition) is 5. The number of rotatable bonds is 6. The smallest absolute Gasteiger partial charge is 0.319 e. The van der Waals surface area contributed by atoms with Crippen LogP contribution in [-0.4, -0.2) is 31.3 Å². The molecule has 27 heavy (non-hydrogen) atoms. The van der Waals surface area contributed by atoms with Gasteiger partial charge in [0.15, 0.2) is 0 Å². The first kappa shape index (κ1) is 18.8. The first-order valence-corrected chi connectivity index (χ1v) is 9.20. The second-order valence-corrected chi connectivity index (χ2v) is 6.56. The minimum Gasteiger partial charge on any atom is -0.497 e. The molecule has 1 aliphatic carbocycles.